The Kier molecular flexibility index (Phi) is 5.72. The van der Waals surface area contributed by atoms with Crippen LogP contribution in [0, 0.1) is 0 Å². The molecular weight excluding hydrogens is 404 g/mol. The van der Waals surface area contributed by atoms with Gasteiger partial charge in [0.15, 0.2) is 0 Å². The van der Waals surface area contributed by atoms with E-state index >= 15 is 0 Å². The number of carbonyl (C=O) groups is 1. The van der Waals surface area contributed by atoms with Crippen molar-refractivity contribution in [1.29, 1.82) is 0 Å². The molecule has 0 saturated heterocycles. The third-order valence-electron chi connectivity index (χ3n) is 4.40. The molecule has 1 N–H and O–H groups in total. The fraction of sp³-hybridized carbons (Fsp3) is 0.0909. The van der Waals surface area contributed by atoms with Gasteiger partial charge in [0.1, 0.15) is 17.8 Å². The molecule has 4 rings (SSSR count). The average molecular weight is 421 g/mol. The Morgan fingerprint density at radius 3 is 2.73 bits per heavy atom. The van der Waals surface area contributed by atoms with E-state index in [1.807, 2.05) is 36.4 Å². The van der Waals surface area contributed by atoms with Crippen LogP contribution in [0.15, 0.2) is 71.6 Å². The Balaban J connectivity index is 1.66. The quantitative estimate of drug-likeness (QED) is 0.488. The Bertz CT molecular complexity index is 1160. The maximum Gasteiger partial charge on any atom is 0.241 e. The predicted octanol–water partition coefficient (Wildman–Crippen LogP) is 4.64. The predicted molar refractivity (Wildman–Crippen MR) is 113 cm³/mol. The molecule has 0 bridgehead atoms. The SMILES string of the molecule is COc1cccc(CC(=O)Nc2onc(-c3ccc(Cl)cc3)c2-c2ccncn2)c1. The van der Waals surface area contributed by atoms with Gasteiger partial charge in [0.05, 0.1) is 24.8 Å². The van der Waals surface area contributed by atoms with Gasteiger partial charge in [-0.2, -0.15) is 0 Å². The zero-order chi connectivity index (χ0) is 20.9. The van der Waals surface area contributed by atoms with E-state index in [0.717, 1.165) is 11.1 Å². The van der Waals surface area contributed by atoms with E-state index in [0.29, 0.717) is 27.7 Å². The Labute approximate surface area is 177 Å². The molecular formula is C22H17ClN4O3. The molecule has 0 unspecified atom stereocenters. The van der Waals surface area contributed by atoms with Gasteiger partial charge in [-0.15, -0.1) is 0 Å². The molecule has 8 heteroatoms. The minimum atomic E-state index is -0.252. The van der Waals surface area contributed by atoms with E-state index in [9.17, 15) is 4.79 Å². The monoisotopic (exact) mass is 420 g/mol. The maximum atomic E-state index is 12.7. The Morgan fingerprint density at radius 2 is 2.00 bits per heavy atom. The number of nitrogens with one attached hydrogen (secondary N) is 1. The second kappa shape index (κ2) is 8.75. The summed E-state index contributed by atoms with van der Waals surface area (Å²) in [7, 11) is 1.58. The van der Waals surface area contributed by atoms with Crippen molar-refractivity contribution in [3.63, 3.8) is 0 Å². The fourth-order valence-electron chi connectivity index (χ4n) is 3.00. The third-order valence-corrected chi connectivity index (χ3v) is 4.65. The lowest BCUT2D eigenvalue weighted by molar-refractivity contribution is -0.115. The largest absolute Gasteiger partial charge is 0.497 e. The lowest BCUT2D eigenvalue weighted by Crippen LogP contribution is -2.14. The highest BCUT2D eigenvalue weighted by molar-refractivity contribution is 6.30. The van der Waals surface area contributed by atoms with E-state index in [2.05, 4.69) is 20.4 Å². The molecule has 0 fully saturated rings. The molecule has 0 spiro atoms. The zero-order valence-corrected chi connectivity index (χ0v) is 16.8. The highest BCUT2D eigenvalue weighted by Gasteiger charge is 2.22. The van der Waals surface area contributed by atoms with Crippen molar-refractivity contribution in [2.24, 2.45) is 0 Å². The summed E-state index contributed by atoms with van der Waals surface area (Å²) in [6.45, 7) is 0. The van der Waals surface area contributed by atoms with Gasteiger partial charge in [0, 0.05) is 16.8 Å². The van der Waals surface area contributed by atoms with Crippen molar-refractivity contribution in [3.8, 4) is 28.3 Å². The normalized spacial score (nSPS) is 10.6. The van der Waals surface area contributed by atoms with E-state index in [1.54, 1.807) is 31.5 Å². The minimum Gasteiger partial charge on any atom is -0.497 e. The summed E-state index contributed by atoms with van der Waals surface area (Å²) < 4.78 is 10.7. The van der Waals surface area contributed by atoms with Crippen LogP contribution in [0.1, 0.15) is 5.56 Å². The van der Waals surface area contributed by atoms with E-state index in [1.165, 1.54) is 6.33 Å². The van der Waals surface area contributed by atoms with Crippen LogP contribution >= 0.6 is 11.6 Å². The molecule has 2 aromatic carbocycles. The van der Waals surface area contributed by atoms with Crippen LogP contribution in [-0.4, -0.2) is 28.1 Å². The molecule has 0 atom stereocenters. The van der Waals surface area contributed by atoms with Crippen LogP contribution in [0.5, 0.6) is 5.75 Å². The van der Waals surface area contributed by atoms with Gasteiger partial charge in [-0.05, 0) is 35.9 Å². The number of aromatic nitrogens is 3. The number of carbonyl (C=O) groups excluding carboxylic acids is 1. The van der Waals surface area contributed by atoms with Gasteiger partial charge in [-0.3, -0.25) is 10.1 Å². The van der Waals surface area contributed by atoms with Gasteiger partial charge in [0.25, 0.3) is 0 Å². The van der Waals surface area contributed by atoms with Crippen LogP contribution in [0.25, 0.3) is 22.5 Å². The van der Waals surface area contributed by atoms with Crippen LogP contribution in [0.2, 0.25) is 5.02 Å². The average Bonchev–Trinajstić information content (AvgIpc) is 3.18. The first-order chi connectivity index (χ1) is 14.6. The molecule has 0 aliphatic rings. The molecule has 7 nitrogen and oxygen atoms in total. The summed E-state index contributed by atoms with van der Waals surface area (Å²) in [5.41, 5.74) is 3.28. The zero-order valence-electron chi connectivity index (χ0n) is 16.0. The van der Waals surface area contributed by atoms with Gasteiger partial charge >= 0.3 is 0 Å². The number of nitrogens with zero attached hydrogens (tertiary/aromatic N) is 3. The van der Waals surface area contributed by atoms with Crippen LogP contribution < -0.4 is 10.1 Å². The van der Waals surface area contributed by atoms with E-state index in [4.69, 9.17) is 20.9 Å². The van der Waals surface area contributed by atoms with Crippen molar-refractivity contribution in [2.75, 3.05) is 12.4 Å². The van der Waals surface area contributed by atoms with Gasteiger partial charge in [-0.1, -0.05) is 41.0 Å². The molecule has 30 heavy (non-hydrogen) atoms. The topological polar surface area (TPSA) is 90.1 Å². The number of amides is 1. The summed E-state index contributed by atoms with van der Waals surface area (Å²) >= 11 is 6.00. The third kappa shape index (κ3) is 4.31. The number of ether oxygens (including phenoxy) is 1. The summed E-state index contributed by atoms with van der Waals surface area (Å²) in [5.74, 6) is 0.649. The van der Waals surface area contributed by atoms with Crippen molar-refractivity contribution >= 4 is 23.4 Å². The molecule has 0 saturated carbocycles. The smallest absolute Gasteiger partial charge is 0.241 e. The highest BCUT2D eigenvalue weighted by Crippen LogP contribution is 2.37. The van der Waals surface area contributed by atoms with Crippen molar-refractivity contribution in [2.45, 2.75) is 6.42 Å². The first-order valence-corrected chi connectivity index (χ1v) is 9.46. The van der Waals surface area contributed by atoms with Crippen molar-refractivity contribution < 1.29 is 14.1 Å². The second-order valence-corrected chi connectivity index (χ2v) is 6.85. The minimum absolute atomic E-state index is 0.150. The number of hydrogen-bond acceptors (Lipinski definition) is 6. The van der Waals surface area contributed by atoms with Gasteiger partial charge in [-0.25, -0.2) is 9.97 Å². The summed E-state index contributed by atoms with van der Waals surface area (Å²) in [5, 5.41) is 7.58. The standard InChI is InChI=1S/C22H17ClN4O3/c1-29-17-4-2-3-14(11-17)12-19(28)26-22-20(18-9-10-24-13-25-18)21(27-30-22)15-5-7-16(23)8-6-15/h2-11,13H,12H2,1H3,(H,26,28). The van der Waals surface area contributed by atoms with Gasteiger partial charge in [0.2, 0.25) is 11.8 Å². The molecule has 0 radical (unpaired) electrons. The highest BCUT2D eigenvalue weighted by atomic mass is 35.5. The van der Waals surface area contributed by atoms with Crippen molar-refractivity contribution in [3.05, 3.63) is 77.7 Å². The molecule has 0 aliphatic carbocycles. The number of benzene rings is 2. The molecule has 0 aliphatic heterocycles. The van der Waals surface area contributed by atoms with Crippen LogP contribution in [0.3, 0.4) is 0 Å². The number of methoxy groups -OCH3 is 1. The van der Waals surface area contributed by atoms with Crippen LogP contribution in [0.4, 0.5) is 5.88 Å². The second-order valence-electron chi connectivity index (χ2n) is 6.41. The van der Waals surface area contributed by atoms with E-state index < -0.39 is 0 Å². The molecule has 2 heterocycles. The maximum absolute atomic E-state index is 12.7. The first-order valence-electron chi connectivity index (χ1n) is 9.09. The van der Waals surface area contributed by atoms with Gasteiger partial charge < -0.3 is 9.26 Å². The summed E-state index contributed by atoms with van der Waals surface area (Å²) in [4.78, 5) is 20.9. The van der Waals surface area contributed by atoms with Crippen LogP contribution in [-0.2, 0) is 11.2 Å². The summed E-state index contributed by atoms with van der Waals surface area (Å²) in [6.07, 6.45) is 3.19. The molecule has 2 aromatic heterocycles. The Hall–Kier alpha value is -3.71. The lowest BCUT2D eigenvalue weighted by atomic mass is 10.0. The lowest BCUT2D eigenvalue weighted by Gasteiger charge is -2.07. The Morgan fingerprint density at radius 1 is 1.17 bits per heavy atom. The first kappa shape index (κ1) is 19.6. The number of hydrogen-bond donors (Lipinski definition) is 1. The number of rotatable bonds is 6. The van der Waals surface area contributed by atoms with Crippen molar-refractivity contribution in [1.82, 2.24) is 15.1 Å². The number of anilines is 1. The number of halogens is 1. The summed E-state index contributed by atoms with van der Waals surface area (Å²) in [6, 6.07) is 16.2. The molecule has 1 amide bonds. The molecule has 4 aromatic rings. The van der Waals surface area contributed by atoms with E-state index in [-0.39, 0.29) is 18.2 Å². The fourth-order valence-corrected chi connectivity index (χ4v) is 3.12. The molecule has 150 valence electrons.